The van der Waals surface area contributed by atoms with E-state index in [9.17, 15) is 13.2 Å². The zero-order chi connectivity index (χ0) is 11.1. The predicted octanol–water partition coefficient (Wildman–Crippen LogP) is 0.775. The Hall–Kier alpha value is -1.66. The molecule has 0 aliphatic rings. The molecule has 15 heavy (non-hydrogen) atoms. The normalized spacial score (nSPS) is 11.8. The van der Waals surface area contributed by atoms with Gasteiger partial charge in [-0.2, -0.15) is 8.42 Å². The van der Waals surface area contributed by atoms with Crippen molar-refractivity contribution >= 4 is 20.9 Å². The number of pyridine rings is 1. The van der Waals surface area contributed by atoms with E-state index in [4.69, 9.17) is 4.55 Å². The smallest absolute Gasteiger partial charge is 0.296 e. The van der Waals surface area contributed by atoms with Gasteiger partial charge in [0.05, 0.1) is 0 Å². The molecule has 2 aromatic rings. The summed E-state index contributed by atoms with van der Waals surface area (Å²) in [6.07, 6.45) is 0.986. The minimum Gasteiger partial charge on any atom is -0.327 e. The van der Waals surface area contributed by atoms with Crippen LogP contribution in [0.2, 0.25) is 0 Å². The minimum absolute atomic E-state index is 0.212. The van der Waals surface area contributed by atoms with Crippen LogP contribution in [0.25, 0.3) is 10.8 Å². The molecule has 6 heteroatoms. The first-order valence-corrected chi connectivity index (χ1v) is 5.52. The number of H-pyrrole nitrogens is 1. The maximum atomic E-state index is 11.3. The van der Waals surface area contributed by atoms with E-state index in [0.29, 0.717) is 0 Å². The number of hydrogen-bond acceptors (Lipinski definition) is 3. The lowest BCUT2D eigenvalue weighted by Gasteiger charge is -2.01. The van der Waals surface area contributed by atoms with Crippen LogP contribution in [-0.4, -0.2) is 18.0 Å². The molecule has 1 aromatic heterocycles. The maximum absolute atomic E-state index is 11.3. The first kappa shape index (κ1) is 9.88. The number of benzene rings is 1. The highest BCUT2D eigenvalue weighted by Gasteiger charge is 2.14. The van der Waals surface area contributed by atoms with Gasteiger partial charge in [-0.25, -0.2) is 0 Å². The van der Waals surface area contributed by atoms with Crippen molar-refractivity contribution in [3.05, 3.63) is 40.8 Å². The van der Waals surface area contributed by atoms with Crippen molar-refractivity contribution in [2.75, 3.05) is 0 Å². The number of rotatable bonds is 1. The van der Waals surface area contributed by atoms with E-state index in [-0.39, 0.29) is 15.7 Å². The van der Waals surface area contributed by atoms with Crippen molar-refractivity contribution in [2.24, 2.45) is 0 Å². The van der Waals surface area contributed by atoms with Gasteiger partial charge < -0.3 is 4.98 Å². The number of nitrogens with one attached hydrogen (secondary N) is 1. The highest BCUT2D eigenvalue weighted by atomic mass is 32.2. The number of aromatic amines is 1. The second-order valence-electron chi connectivity index (χ2n) is 3.00. The van der Waals surface area contributed by atoms with Crippen molar-refractivity contribution < 1.29 is 13.0 Å². The van der Waals surface area contributed by atoms with E-state index in [1.807, 2.05) is 0 Å². The van der Waals surface area contributed by atoms with Gasteiger partial charge in [-0.05, 0) is 6.07 Å². The third kappa shape index (κ3) is 1.64. The van der Waals surface area contributed by atoms with Crippen LogP contribution in [-0.2, 0) is 10.1 Å². The fraction of sp³-hybridized carbons (Fsp3) is 0. The van der Waals surface area contributed by atoms with Gasteiger partial charge in [0.15, 0.2) is 0 Å². The average Bonchev–Trinajstić information content (AvgIpc) is 2.17. The number of fused-ring (bicyclic) bond motifs is 1. The molecule has 0 atom stereocenters. The molecule has 2 N–H and O–H groups in total. The van der Waals surface area contributed by atoms with Gasteiger partial charge in [0.25, 0.3) is 15.7 Å². The Bertz CT molecular complexity index is 672. The summed E-state index contributed by atoms with van der Waals surface area (Å²) < 4.78 is 30.9. The first-order chi connectivity index (χ1) is 7.00. The Balaban J connectivity index is 3.03. The molecule has 0 radical (unpaired) electrons. The van der Waals surface area contributed by atoms with Crippen LogP contribution in [0.1, 0.15) is 0 Å². The van der Waals surface area contributed by atoms with Crippen LogP contribution < -0.4 is 5.56 Å². The zero-order valence-corrected chi connectivity index (χ0v) is 8.28. The molecule has 5 nitrogen and oxygen atoms in total. The Labute approximate surface area is 85.1 Å². The summed E-state index contributed by atoms with van der Waals surface area (Å²) >= 11 is 0. The lowest BCUT2D eigenvalue weighted by atomic mass is 10.2. The molecule has 0 spiro atoms. The molecule has 1 heterocycles. The van der Waals surface area contributed by atoms with Crippen molar-refractivity contribution in [1.29, 1.82) is 0 Å². The monoisotopic (exact) mass is 225 g/mol. The third-order valence-corrected chi connectivity index (χ3v) is 2.94. The summed E-state index contributed by atoms with van der Waals surface area (Å²) in [6, 6.07) is 6.17. The predicted molar refractivity (Wildman–Crippen MR) is 54.4 cm³/mol. The van der Waals surface area contributed by atoms with Crippen LogP contribution >= 0.6 is 0 Å². The van der Waals surface area contributed by atoms with Gasteiger partial charge in [0.1, 0.15) is 4.90 Å². The molecular weight excluding hydrogens is 218 g/mol. The molecular formula is C9H7NO4S. The average molecular weight is 225 g/mol. The fourth-order valence-electron chi connectivity index (χ4n) is 1.40. The Morgan fingerprint density at radius 1 is 1.13 bits per heavy atom. The molecule has 1 aromatic carbocycles. The largest absolute Gasteiger partial charge is 0.327 e. The minimum atomic E-state index is -4.32. The second-order valence-corrected chi connectivity index (χ2v) is 4.39. The van der Waals surface area contributed by atoms with Crippen molar-refractivity contribution in [3.8, 4) is 0 Å². The third-order valence-electron chi connectivity index (χ3n) is 2.05. The molecule has 0 aliphatic carbocycles. The van der Waals surface area contributed by atoms with Gasteiger partial charge >= 0.3 is 0 Å². The summed E-state index contributed by atoms with van der Waals surface area (Å²) in [7, 11) is -4.32. The van der Waals surface area contributed by atoms with Gasteiger partial charge in [0.2, 0.25) is 0 Å². The van der Waals surface area contributed by atoms with Crippen molar-refractivity contribution in [3.63, 3.8) is 0 Å². The van der Waals surface area contributed by atoms with Crippen LogP contribution in [0.3, 0.4) is 0 Å². The van der Waals surface area contributed by atoms with Crippen LogP contribution in [0.15, 0.2) is 40.2 Å². The van der Waals surface area contributed by atoms with Crippen molar-refractivity contribution in [1.82, 2.24) is 4.98 Å². The SMILES string of the molecule is O=c1[nH]cc(S(=O)(=O)O)c2ccccc12. The van der Waals surface area contributed by atoms with Crippen molar-refractivity contribution in [2.45, 2.75) is 4.90 Å². The van der Waals surface area contributed by atoms with E-state index in [0.717, 1.165) is 6.20 Å². The topological polar surface area (TPSA) is 87.2 Å². The molecule has 0 bridgehead atoms. The highest BCUT2D eigenvalue weighted by Crippen LogP contribution is 2.18. The van der Waals surface area contributed by atoms with Gasteiger partial charge in [-0.3, -0.25) is 9.35 Å². The molecule has 0 fully saturated rings. The van der Waals surface area contributed by atoms with Gasteiger partial charge in [-0.15, -0.1) is 0 Å². The van der Waals surface area contributed by atoms with Crippen LogP contribution in [0, 0.1) is 0 Å². The summed E-state index contributed by atoms with van der Waals surface area (Å²) in [5.74, 6) is 0. The summed E-state index contributed by atoms with van der Waals surface area (Å²) in [5.41, 5.74) is -0.391. The summed E-state index contributed by atoms with van der Waals surface area (Å²) in [5, 5.41) is 0.441. The van der Waals surface area contributed by atoms with Gasteiger partial charge in [-0.1, -0.05) is 18.2 Å². The van der Waals surface area contributed by atoms with Crippen LogP contribution in [0.4, 0.5) is 0 Å². The van der Waals surface area contributed by atoms with Crippen LogP contribution in [0.5, 0.6) is 0 Å². The lowest BCUT2D eigenvalue weighted by Crippen LogP contribution is -2.09. The molecule has 0 aliphatic heterocycles. The van der Waals surface area contributed by atoms with E-state index in [1.54, 1.807) is 12.1 Å². The standard InChI is InChI=1S/C9H7NO4S/c11-9-7-4-2-1-3-6(7)8(5-10-9)15(12,13)14/h1-5H,(H,10,11)(H,12,13,14). The zero-order valence-electron chi connectivity index (χ0n) is 7.47. The molecule has 78 valence electrons. The quantitative estimate of drug-likeness (QED) is 0.702. The Morgan fingerprint density at radius 3 is 2.33 bits per heavy atom. The molecule has 0 unspecified atom stereocenters. The maximum Gasteiger partial charge on any atom is 0.296 e. The molecule has 0 saturated heterocycles. The van der Waals surface area contributed by atoms with E-state index >= 15 is 0 Å². The highest BCUT2D eigenvalue weighted by molar-refractivity contribution is 7.86. The number of aromatic nitrogens is 1. The fourth-order valence-corrected chi connectivity index (χ4v) is 2.06. The molecule has 2 rings (SSSR count). The van der Waals surface area contributed by atoms with Gasteiger partial charge in [0, 0.05) is 17.0 Å². The van der Waals surface area contributed by atoms with E-state index in [1.165, 1.54) is 12.1 Å². The van der Waals surface area contributed by atoms with E-state index in [2.05, 4.69) is 4.98 Å². The lowest BCUT2D eigenvalue weighted by molar-refractivity contribution is 0.484. The summed E-state index contributed by atoms with van der Waals surface area (Å²) in [6.45, 7) is 0. The number of hydrogen-bond donors (Lipinski definition) is 2. The van der Waals surface area contributed by atoms with E-state index < -0.39 is 15.7 Å². The Morgan fingerprint density at radius 2 is 1.73 bits per heavy atom. The second kappa shape index (κ2) is 3.18. The first-order valence-electron chi connectivity index (χ1n) is 4.08. The summed E-state index contributed by atoms with van der Waals surface area (Å²) in [4.78, 5) is 13.3. The molecule has 0 amide bonds. The molecule has 0 saturated carbocycles. The Kier molecular flexibility index (Phi) is 2.09.